The Morgan fingerprint density at radius 1 is 1.11 bits per heavy atom. The SMILES string of the molecule is COc1ccc2c3c(c(=O)oc2c1OC)CCC3. The first kappa shape index (κ1) is 11.1. The summed E-state index contributed by atoms with van der Waals surface area (Å²) in [5.41, 5.74) is 2.15. The second kappa shape index (κ2) is 4.05. The average Bonchev–Trinajstić information content (AvgIpc) is 2.87. The van der Waals surface area contributed by atoms with Crippen LogP contribution in [0, 0.1) is 0 Å². The number of fused-ring (bicyclic) bond motifs is 3. The minimum Gasteiger partial charge on any atom is -0.493 e. The van der Waals surface area contributed by atoms with Crippen molar-refractivity contribution in [3.8, 4) is 11.5 Å². The number of rotatable bonds is 2. The molecule has 18 heavy (non-hydrogen) atoms. The first-order valence-corrected chi connectivity index (χ1v) is 5.95. The molecule has 0 spiro atoms. The molecule has 0 aliphatic heterocycles. The number of hydrogen-bond acceptors (Lipinski definition) is 4. The Hall–Kier alpha value is -1.97. The van der Waals surface area contributed by atoms with E-state index in [4.69, 9.17) is 13.9 Å². The molecule has 1 aromatic heterocycles. The summed E-state index contributed by atoms with van der Waals surface area (Å²) >= 11 is 0. The van der Waals surface area contributed by atoms with Gasteiger partial charge in [0.25, 0.3) is 0 Å². The maximum atomic E-state index is 11.9. The lowest BCUT2D eigenvalue weighted by molar-refractivity contribution is 0.351. The third-order valence-corrected chi connectivity index (χ3v) is 3.48. The summed E-state index contributed by atoms with van der Waals surface area (Å²) in [5.74, 6) is 1.06. The Labute approximate surface area is 104 Å². The minimum absolute atomic E-state index is 0.249. The van der Waals surface area contributed by atoms with Crippen LogP contribution in [0.4, 0.5) is 0 Å². The highest BCUT2D eigenvalue weighted by Crippen LogP contribution is 2.38. The lowest BCUT2D eigenvalue weighted by atomic mass is 10.1. The van der Waals surface area contributed by atoms with Crippen molar-refractivity contribution in [2.45, 2.75) is 19.3 Å². The van der Waals surface area contributed by atoms with Gasteiger partial charge in [0.1, 0.15) is 0 Å². The van der Waals surface area contributed by atoms with E-state index in [1.165, 1.54) is 0 Å². The molecule has 0 saturated carbocycles. The van der Waals surface area contributed by atoms with Gasteiger partial charge in [-0.05, 0) is 37.0 Å². The molecule has 1 heterocycles. The van der Waals surface area contributed by atoms with Gasteiger partial charge in [0.15, 0.2) is 11.3 Å². The second-order valence-corrected chi connectivity index (χ2v) is 4.38. The van der Waals surface area contributed by atoms with Crippen molar-refractivity contribution in [3.63, 3.8) is 0 Å². The van der Waals surface area contributed by atoms with Crippen molar-refractivity contribution in [2.24, 2.45) is 0 Å². The largest absolute Gasteiger partial charge is 0.493 e. The van der Waals surface area contributed by atoms with Crippen molar-refractivity contribution in [1.82, 2.24) is 0 Å². The van der Waals surface area contributed by atoms with Gasteiger partial charge >= 0.3 is 5.63 Å². The number of hydrogen-bond donors (Lipinski definition) is 0. The fraction of sp³-hybridized carbons (Fsp3) is 0.357. The topological polar surface area (TPSA) is 48.7 Å². The first-order valence-electron chi connectivity index (χ1n) is 5.95. The third kappa shape index (κ3) is 1.41. The van der Waals surface area contributed by atoms with Crippen LogP contribution in [0.3, 0.4) is 0 Å². The molecule has 0 amide bonds. The van der Waals surface area contributed by atoms with Gasteiger partial charge in [-0.25, -0.2) is 4.79 Å². The summed E-state index contributed by atoms with van der Waals surface area (Å²) in [4.78, 5) is 11.9. The molecule has 0 radical (unpaired) electrons. The van der Waals surface area contributed by atoms with Crippen LogP contribution in [0.5, 0.6) is 11.5 Å². The van der Waals surface area contributed by atoms with E-state index < -0.39 is 0 Å². The highest BCUT2D eigenvalue weighted by atomic mass is 16.5. The highest BCUT2D eigenvalue weighted by molar-refractivity contribution is 5.89. The van der Waals surface area contributed by atoms with Crippen LogP contribution in [-0.4, -0.2) is 14.2 Å². The standard InChI is InChI=1S/C14H14O4/c1-16-11-7-6-9-8-4-3-5-10(8)14(15)18-12(9)13(11)17-2/h6-7H,3-5H2,1-2H3. The number of ether oxygens (including phenoxy) is 2. The average molecular weight is 246 g/mol. The number of benzene rings is 1. The molecule has 4 heteroatoms. The zero-order valence-corrected chi connectivity index (χ0v) is 10.4. The van der Waals surface area contributed by atoms with Crippen molar-refractivity contribution >= 4 is 11.0 Å². The summed E-state index contributed by atoms with van der Waals surface area (Å²) in [6, 6.07) is 3.78. The van der Waals surface area contributed by atoms with Crippen LogP contribution in [-0.2, 0) is 12.8 Å². The van der Waals surface area contributed by atoms with Crippen LogP contribution in [0.15, 0.2) is 21.3 Å². The lowest BCUT2D eigenvalue weighted by Crippen LogP contribution is -2.07. The van der Waals surface area contributed by atoms with Crippen molar-refractivity contribution in [1.29, 1.82) is 0 Å². The lowest BCUT2D eigenvalue weighted by Gasteiger charge is -2.11. The van der Waals surface area contributed by atoms with Gasteiger partial charge in [0, 0.05) is 10.9 Å². The van der Waals surface area contributed by atoms with Crippen molar-refractivity contribution in [2.75, 3.05) is 14.2 Å². The number of methoxy groups -OCH3 is 2. The van der Waals surface area contributed by atoms with Crippen LogP contribution in [0.1, 0.15) is 17.5 Å². The molecule has 1 aliphatic rings. The van der Waals surface area contributed by atoms with Gasteiger partial charge in [0.05, 0.1) is 14.2 Å². The molecule has 2 aromatic rings. The summed E-state index contributed by atoms with van der Waals surface area (Å²) in [7, 11) is 3.11. The summed E-state index contributed by atoms with van der Waals surface area (Å²) in [6.45, 7) is 0. The normalized spacial score (nSPS) is 13.7. The van der Waals surface area contributed by atoms with Gasteiger partial charge in [-0.3, -0.25) is 0 Å². The predicted molar refractivity (Wildman–Crippen MR) is 67.6 cm³/mol. The van der Waals surface area contributed by atoms with Crippen molar-refractivity contribution < 1.29 is 13.9 Å². The second-order valence-electron chi connectivity index (χ2n) is 4.38. The summed E-state index contributed by atoms with van der Waals surface area (Å²) in [6.07, 6.45) is 2.74. The van der Waals surface area contributed by atoms with E-state index in [1.54, 1.807) is 14.2 Å². The number of aryl methyl sites for hydroxylation is 1. The first-order chi connectivity index (χ1) is 8.76. The summed E-state index contributed by atoms with van der Waals surface area (Å²) in [5, 5.41) is 0.958. The molecule has 0 unspecified atom stereocenters. The Morgan fingerprint density at radius 2 is 1.89 bits per heavy atom. The molecule has 94 valence electrons. The predicted octanol–water partition coefficient (Wildman–Crippen LogP) is 2.30. The van der Waals surface area contributed by atoms with Crippen LogP contribution < -0.4 is 15.1 Å². The van der Waals surface area contributed by atoms with Crippen molar-refractivity contribution in [3.05, 3.63) is 33.7 Å². The van der Waals surface area contributed by atoms with Crippen LogP contribution in [0.2, 0.25) is 0 Å². The fourth-order valence-electron chi connectivity index (χ4n) is 2.66. The molecular formula is C14H14O4. The molecule has 1 aromatic carbocycles. The van der Waals surface area contributed by atoms with E-state index in [1.807, 2.05) is 12.1 Å². The van der Waals surface area contributed by atoms with Gasteiger partial charge < -0.3 is 13.9 Å². The van der Waals surface area contributed by atoms with E-state index in [0.29, 0.717) is 17.1 Å². The molecule has 0 fully saturated rings. The van der Waals surface area contributed by atoms with Gasteiger partial charge in [-0.1, -0.05) is 0 Å². The maximum absolute atomic E-state index is 11.9. The molecule has 1 aliphatic carbocycles. The Balaban J connectivity index is 2.43. The zero-order valence-electron chi connectivity index (χ0n) is 10.4. The van der Waals surface area contributed by atoms with Gasteiger partial charge in [-0.2, -0.15) is 0 Å². The smallest absolute Gasteiger partial charge is 0.339 e. The Bertz CT molecular complexity index is 670. The molecule has 3 rings (SSSR count). The third-order valence-electron chi connectivity index (χ3n) is 3.48. The van der Waals surface area contributed by atoms with E-state index in [2.05, 4.69) is 0 Å². The summed E-state index contributed by atoms with van der Waals surface area (Å²) < 4.78 is 15.9. The molecule has 0 N–H and O–H groups in total. The minimum atomic E-state index is -0.249. The van der Waals surface area contributed by atoms with Crippen LogP contribution >= 0.6 is 0 Å². The zero-order chi connectivity index (χ0) is 12.7. The van der Waals surface area contributed by atoms with Crippen LogP contribution in [0.25, 0.3) is 11.0 Å². The Morgan fingerprint density at radius 3 is 2.61 bits per heavy atom. The Kier molecular flexibility index (Phi) is 2.51. The molecule has 0 atom stereocenters. The monoisotopic (exact) mass is 246 g/mol. The van der Waals surface area contributed by atoms with Gasteiger partial charge in [-0.15, -0.1) is 0 Å². The van der Waals surface area contributed by atoms with Gasteiger partial charge in [0.2, 0.25) is 5.75 Å². The highest BCUT2D eigenvalue weighted by Gasteiger charge is 2.22. The van der Waals surface area contributed by atoms with E-state index in [0.717, 1.165) is 35.8 Å². The quantitative estimate of drug-likeness (QED) is 0.763. The van der Waals surface area contributed by atoms with E-state index in [9.17, 15) is 4.79 Å². The molecule has 4 nitrogen and oxygen atoms in total. The van der Waals surface area contributed by atoms with E-state index >= 15 is 0 Å². The molecule has 0 saturated heterocycles. The maximum Gasteiger partial charge on any atom is 0.339 e. The molecular weight excluding hydrogens is 232 g/mol. The fourth-order valence-corrected chi connectivity index (χ4v) is 2.66. The molecule has 0 bridgehead atoms. The van der Waals surface area contributed by atoms with E-state index in [-0.39, 0.29) is 5.63 Å².